The van der Waals surface area contributed by atoms with Crippen LogP contribution >= 0.6 is 0 Å². The van der Waals surface area contributed by atoms with Crippen molar-refractivity contribution in [3.05, 3.63) is 59.2 Å². The summed E-state index contributed by atoms with van der Waals surface area (Å²) in [5, 5.41) is 3.09. The van der Waals surface area contributed by atoms with E-state index in [1.165, 1.54) is 31.5 Å². The predicted molar refractivity (Wildman–Crippen MR) is 140 cm³/mol. The Hall–Kier alpha value is -3.06. The molecule has 194 valence electrons. The standard InChI is InChI=1S/C29H39N3O4/c1-21-8-12-31(13-9-21)20-23-6-4-22(5-7-23)19-30-28(33)24-10-14-32(15-11-24)29(34)25-16-26(35-2)18-27(17-25)36-3/h4-7,16-18,21,24H,8-15,19-20H2,1-3H3,(H,30,33). The summed E-state index contributed by atoms with van der Waals surface area (Å²) in [5.41, 5.74) is 2.97. The minimum absolute atomic E-state index is 0.0646. The third-order valence-electron chi connectivity index (χ3n) is 7.52. The van der Waals surface area contributed by atoms with Crippen molar-refractivity contribution >= 4 is 11.8 Å². The number of hydrogen-bond acceptors (Lipinski definition) is 5. The Labute approximate surface area is 214 Å². The minimum atomic E-state index is -0.0744. The van der Waals surface area contributed by atoms with E-state index in [2.05, 4.69) is 41.4 Å². The Kier molecular flexibility index (Phi) is 8.86. The maximum Gasteiger partial charge on any atom is 0.254 e. The first-order chi connectivity index (χ1) is 17.4. The average molecular weight is 494 g/mol. The summed E-state index contributed by atoms with van der Waals surface area (Å²) in [6.45, 7) is 7.33. The van der Waals surface area contributed by atoms with Crippen molar-refractivity contribution in [3.63, 3.8) is 0 Å². The van der Waals surface area contributed by atoms with Crippen molar-refractivity contribution in [3.8, 4) is 11.5 Å². The van der Waals surface area contributed by atoms with Crippen LogP contribution in [0.3, 0.4) is 0 Å². The molecule has 2 fully saturated rings. The van der Waals surface area contributed by atoms with Gasteiger partial charge in [-0.1, -0.05) is 31.2 Å². The molecule has 0 atom stereocenters. The number of rotatable bonds is 8. The molecule has 7 heteroatoms. The molecule has 0 spiro atoms. The zero-order valence-corrected chi connectivity index (χ0v) is 21.8. The summed E-state index contributed by atoms with van der Waals surface area (Å²) >= 11 is 0. The second-order valence-electron chi connectivity index (χ2n) is 10.2. The molecule has 2 aromatic carbocycles. The van der Waals surface area contributed by atoms with Crippen LogP contribution in [0.1, 0.15) is 54.1 Å². The highest BCUT2D eigenvalue weighted by molar-refractivity contribution is 5.95. The number of benzene rings is 2. The number of nitrogens with one attached hydrogen (secondary N) is 1. The van der Waals surface area contributed by atoms with Gasteiger partial charge < -0.3 is 19.7 Å². The third kappa shape index (κ3) is 6.78. The topological polar surface area (TPSA) is 71.1 Å². The number of methoxy groups -OCH3 is 2. The Bertz CT molecular complexity index is 1000. The van der Waals surface area contributed by atoms with Crippen LogP contribution in [0.4, 0.5) is 0 Å². The third-order valence-corrected chi connectivity index (χ3v) is 7.52. The van der Waals surface area contributed by atoms with Gasteiger partial charge in [0.25, 0.3) is 5.91 Å². The summed E-state index contributed by atoms with van der Waals surface area (Å²) in [7, 11) is 3.13. The number of carbonyl (C=O) groups is 2. The molecule has 0 aromatic heterocycles. The lowest BCUT2D eigenvalue weighted by molar-refractivity contribution is -0.126. The lowest BCUT2D eigenvalue weighted by Crippen LogP contribution is -2.42. The zero-order chi connectivity index (χ0) is 25.5. The molecule has 2 heterocycles. The number of hydrogen-bond donors (Lipinski definition) is 1. The molecule has 2 aliphatic heterocycles. The Morgan fingerprint density at radius 1 is 0.861 bits per heavy atom. The van der Waals surface area contributed by atoms with Gasteiger partial charge in [-0.2, -0.15) is 0 Å². The maximum absolute atomic E-state index is 13.0. The zero-order valence-electron chi connectivity index (χ0n) is 21.8. The van der Waals surface area contributed by atoms with Gasteiger partial charge >= 0.3 is 0 Å². The summed E-state index contributed by atoms with van der Waals surface area (Å²) in [6.07, 6.45) is 3.89. The summed E-state index contributed by atoms with van der Waals surface area (Å²) in [5.74, 6) is 1.94. The number of nitrogens with zero attached hydrogens (tertiary/aromatic N) is 2. The number of piperidine rings is 2. The van der Waals surface area contributed by atoms with E-state index >= 15 is 0 Å². The normalized spacial score (nSPS) is 17.6. The number of likely N-dealkylation sites (tertiary alicyclic amines) is 2. The molecule has 2 aliphatic rings. The van der Waals surface area contributed by atoms with Crippen LogP contribution in [0.25, 0.3) is 0 Å². The Balaban J connectivity index is 1.22. The van der Waals surface area contributed by atoms with Gasteiger partial charge in [0.05, 0.1) is 14.2 Å². The number of amides is 2. The SMILES string of the molecule is COc1cc(OC)cc(C(=O)N2CCC(C(=O)NCc3ccc(CN4CCC(C)CC4)cc3)CC2)c1. The molecule has 1 N–H and O–H groups in total. The summed E-state index contributed by atoms with van der Waals surface area (Å²) in [4.78, 5) is 30.1. The van der Waals surface area contributed by atoms with Gasteiger partial charge in [0.1, 0.15) is 11.5 Å². The largest absolute Gasteiger partial charge is 0.497 e. The van der Waals surface area contributed by atoms with Gasteiger partial charge in [-0.25, -0.2) is 0 Å². The molecule has 0 saturated carbocycles. The molecule has 7 nitrogen and oxygen atoms in total. The van der Waals surface area contributed by atoms with Crippen LogP contribution in [-0.4, -0.2) is 62.0 Å². The van der Waals surface area contributed by atoms with Crippen molar-refractivity contribution < 1.29 is 19.1 Å². The van der Waals surface area contributed by atoms with Crippen molar-refractivity contribution in [2.45, 2.75) is 45.7 Å². The van der Waals surface area contributed by atoms with E-state index in [0.717, 1.165) is 18.0 Å². The lowest BCUT2D eigenvalue weighted by Gasteiger charge is -2.31. The van der Waals surface area contributed by atoms with Crippen molar-refractivity contribution in [1.82, 2.24) is 15.1 Å². The van der Waals surface area contributed by atoms with Crippen LogP contribution in [0.2, 0.25) is 0 Å². The van der Waals surface area contributed by atoms with Crippen LogP contribution in [0, 0.1) is 11.8 Å². The van der Waals surface area contributed by atoms with Crippen LogP contribution in [-0.2, 0) is 17.9 Å². The second-order valence-corrected chi connectivity index (χ2v) is 10.2. The average Bonchev–Trinajstić information content (AvgIpc) is 2.93. The number of carbonyl (C=O) groups excluding carboxylic acids is 2. The first kappa shape index (κ1) is 26.0. The van der Waals surface area contributed by atoms with Crippen LogP contribution < -0.4 is 14.8 Å². The van der Waals surface area contributed by atoms with E-state index < -0.39 is 0 Å². The molecular formula is C29H39N3O4. The maximum atomic E-state index is 13.0. The summed E-state index contributed by atoms with van der Waals surface area (Å²) in [6, 6.07) is 13.8. The quantitative estimate of drug-likeness (QED) is 0.600. The van der Waals surface area contributed by atoms with Gasteiger partial charge in [0.2, 0.25) is 5.91 Å². The molecule has 36 heavy (non-hydrogen) atoms. The van der Waals surface area contributed by atoms with Gasteiger partial charge in [-0.15, -0.1) is 0 Å². The second kappa shape index (κ2) is 12.3. The lowest BCUT2D eigenvalue weighted by atomic mass is 9.95. The first-order valence-corrected chi connectivity index (χ1v) is 13.1. The van der Waals surface area contributed by atoms with Crippen molar-refractivity contribution in [2.75, 3.05) is 40.4 Å². The van der Waals surface area contributed by atoms with Gasteiger partial charge in [-0.3, -0.25) is 14.5 Å². The molecular weight excluding hydrogens is 454 g/mol. The first-order valence-electron chi connectivity index (χ1n) is 13.1. The van der Waals surface area contributed by atoms with Crippen LogP contribution in [0.5, 0.6) is 11.5 Å². The molecule has 4 rings (SSSR count). The van der Waals surface area contributed by atoms with Crippen molar-refractivity contribution in [2.24, 2.45) is 11.8 Å². The van der Waals surface area contributed by atoms with Crippen molar-refractivity contribution in [1.29, 1.82) is 0 Å². The fraction of sp³-hybridized carbons (Fsp3) is 0.517. The molecule has 0 radical (unpaired) electrons. The number of ether oxygens (including phenoxy) is 2. The van der Waals surface area contributed by atoms with E-state index in [1.54, 1.807) is 37.3 Å². The van der Waals surface area contributed by atoms with E-state index in [-0.39, 0.29) is 17.7 Å². The smallest absolute Gasteiger partial charge is 0.254 e. The van der Waals surface area contributed by atoms with Crippen LogP contribution in [0.15, 0.2) is 42.5 Å². The monoisotopic (exact) mass is 493 g/mol. The summed E-state index contributed by atoms with van der Waals surface area (Å²) < 4.78 is 10.6. The van der Waals surface area contributed by atoms with Gasteiger partial charge in [-0.05, 0) is 68.0 Å². The van der Waals surface area contributed by atoms with E-state index in [0.29, 0.717) is 49.5 Å². The van der Waals surface area contributed by atoms with Gasteiger partial charge in [0, 0.05) is 43.7 Å². The fourth-order valence-corrected chi connectivity index (χ4v) is 5.03. The fourth-order valence-electron chi connectivity index (χ4n) is 5.03. The minimum Gasteiger partial charge on any atom is -0.497 e. The molecule has 2 amide bonds. The molecule has 0 bridgehead atoms. The molecule has 0 unspecified atom stereocenters. The van der Waals surface area contributed by atoms with E-state index in [4.69, 9.17) is 9.47 Å². The van der Waals surface area contributed by atoms with E-state index in [1.807, 2.05) is 0 Å². The highest BCUT2D eigenvalue weighted by Crippen LogP contribution is 2.26. The Morgan fingerprint density at radius 2 is 1.44 bits per heavy atom. The molecule has 0 aliphatic carbocycles. The Morgan fingerprint density at radius 3 is 2.03 bits per heavy atom. The molecule has 2 saturated heterocycles. The van der Waals surface area contributed by atoms with E-state index in [9.17, 15) is 9.59 Å². The van der Waals surface area contributed by atoms with Gasteiger partial charge in [0.15, 0.2) is 0 Å². The predicted octanol–water partition coefficient (Wildman–Crippen LogP) is 4.10. The highest BCUT2D eigenvalue weighted by Gasteiger charge is 2.28. The highest BCUT2D eigenvalue weighted by atomic mass is 16.5. The molecule has 2 aromatic rings.